The first-order valence-electron chi connectivity index (χ1n) is 8.47. The van der Waals surface area contributed by atoms with Gasteiger partial charge >= 0.3 is 10.1 Å². The van der Waals surface area contributed by atoms with Gasteiger partial charge in [-0.15, -0.1) is 0 Å². The molecule has 1 aliphatic heterocycles. The zero-order valence-electron chi connectivity index (χ0n) is 14.9. The molecule has 4 rings (SSSR count). The Morgan fingerprint density at radius 3 is 2.23 bits per heavy atom. The lowest BCUT2D eigenvalue weighted by Gasteiger charge is -2.08. The highest BCUT2D eigenvalue weighted by atomic mass is 35.5. The molecular formula is C21H11Cl3O5S. The van der Waals surface area contributed by atoms with Gasteiger partial charge in [-0.05, 0) is 54.6 Å². The Labute approximate surface area is 187 Å². The van der Waals surface area contributed by atoms with Crippen molar-refractivity contribution in [2.75, 3.05) is 0 Å². The topological polar surface area (TPSA) is 69.7 Å². The molecular weight excluding hydrogens is 471 g/mol. The van der Waals surface area contributed by atoms with E-state index in [4.69, 9.17) is 43.7 Å². The van der Waals surface area contributed by atoms with E-state index in [9.17, 15) is 13.2 Å². The molecule has 0 saturated carbocycles. The summed E-state index contributed by atoms with van der Waals surface area (Å²) < 4.78 is 35.7. The van der Waals surface area contributed by atoms with Gasteiger partial charge < -0.3 is 8.92 Å². The first-order chi connectivity index (χ1) is 14.2. The second-order valence-corrected chi connectivity index (χ2v) is 9.02. The van der Waals surface area contributed by atoms with Gasteiger partial charge in [-0.2, -0.15) is 8.42 Å². The predicted octanol–water partition coefficient (Wildman–Crippen LogP) is 6.03. The Kier molecular flexibility index (Phi) is 5.51. The Bertz CT molecular complexity index is 1280. The fraction of sp³-hybridized carbons (Fsp3) is 0. The van der Waals surface area contributed by atoms with Crippen LogP contribution < -0.4 is 8.92 Å². The maximum atomic E-state index is 12.6. The van der Waals surface area contributed by atoms with Crippen molar-refractivity contribution in [3.05, 3.63) is 92.6 Å². The van der Waals surface area contributed by atoms with Crippen LogP contribution in [0.5, 0.6) is 11.5 Å². The summed E-state index contributed by atoms with van der Waals surface area (Å²) >= 11 is 18.1. The van der Waals surface area contributed by atoms with Crippen LogP contribution in [0.15, 0.2) is 71.3 Å². The molecule has 1 aliphatic rings. The molecule has 30 heavy (non-hydrogen) atoms. The molecule has 0 bridgehead atoms. The van der Waals surface area contributed by atoms with E-state index in [1.165, 1.54) is 48.5 Å². The number of Topliss-reactive ketones (excluding diaryl/α,β-unsaturated/α-hetero) is 1. The number of halogens is 3. The summed E-state index contributed by atoms with van der Waals surface area (Å²) in [5.41, 5.74) is 0.708. The number of benzene rings is 3. The summed E-state index contributed by atoms with van der Waals surface area (Å²) in [5, 5.41) is 1.12. The second-order valence-electron chi connectivity index (χ2n) is 6.22. The number of carbonyl (C=O) groups is 1. The van der Waals surface area contributed by atoms with Crippen molar-refractivity contribution in [1.82, 2.24) is 0 Å². The molecule has 3 aromatic rings. The average Bonchev–Trinajstić information content (AvgIpc) is 3.00. The molecule has 0 radical (unpaired) electrons. The number of rotatable bonds is 4. The molecule has 0 spiro atoms. The Balaban J connectivity index is 1.62. The third-order valence-electron chi connectivity index (χ3n) is 4.22. The standard InChI is InChI=1S/C21H11Cl3O5S/c22-12-4-7-14(8-5-12)30(26,27)29-13-6-9-15-19(10-13)28-20(21(15)25)11-16-17(23)2-1-3-18(16)24/h1-11H/b20-11-. The number of hydrogen-bond donors (Lipinski definition) is 0. The molecule has 0 atom stereocenters. The lowest BCUT2D eigenvalue weighted by Crippen LogP contribution is -2.09. The zero-order chi connectivity index (χ0) is 21.5. The Hall–Kier alpha value is -2.51. The quantitative estimate of drug-likeness (QED) is 0.336. The van der Waals surface area contributed by atoms with Gasteiger partial charge in [0, 0.05) is 26.7 Å². The third-order valence-corrected chi connectivity index (χ3v) is 6.40. The molecule has 3 aromatic carbocycles. The summed E-state index contributed by atoms with van der Waals surface area (Å²) in [6.07, 6.45) is 1.44. The maximum absolute atomic E-state index is 12.6. The number of hydrogen-bond acceptors (Lipinski definition) is 5. The highest BCUT2D eigenvalue weighted by Gasteiger charge is 2.29. The molecule has 0 aromatic heterocycles. The first-order valence-corrected chi connectivity index (χ1v) is 11.0. The van der Waals surface area contributed by atoms with E-state index in [0.29, 0.717) is 20.6 Å². The lowest BCUT2D eigenvalue weighted by molar-refractivity contribution is 0.101. The summed E-state index contributed by atoms with van der Waals surface area (Å²) in [7, 11) is -4.08. The van der Waals surface area contributed by atoms with Crippen LogP contribution in [0.2, 0.25) is 15.1 Å². The first kappa shape index (κ1) is 20.8. The molecule has 0 fully saturated rings. The molecule has 0 unspecified atom stereocenters. The molecule has 1 heterocycles. The van der Waals surface area contributed by atoms with Gasteiger partial charge in [0.25, 0.3) is 0 Å². The monoisotopic (exact) mass is 480 g/mol. The van der Waals surface area contributed by atoms with E-state index in [-0.39, 0.29) is 33.5 Å². The van der Waals surface area contributed by atoms with Gasteiger partial charge in [0.15, 0.2) is 5.76 Å². The number of allylic oxidation sites excluding steroid dienone is 1. The van der Waals surface area contributed by atoms with Gasteiger partial charge in [0.2, 0.25) is 5.78 Å². The van der Waals surface area contributed by atoms with Crippen LogP contribution in [0.1, 0.15) is 15.9 Å². The van der Waals surface area contributed by atoms with Crippen molar-refractivity contribution < 1.29 is 22.1 Å². The van der Waals surface area contributed by atoms with Gasteiger partial charge in [-0.3, -0.25) is 4.79 Å². The number of carbonyl (C=O) groups excluding carboxylic acids is 1. The highest BCUT2D eigenvalue weighted by Crippen LogP contribution is 2.37. The Morgan fingerprint density at radius 1 is 0.900 bits per heavy atom. The van der Waals surface area contributed by atoms with Gasteiger partial charge in [-0.1, -0.05) is 40.9 Å². The van der Waals surface area contributed by atoms with Crippen molar-refractivity contribution in [3.63, 3.8) is 0 Å². The second kappa shape index (κ2) is 7.96. The summed E-state index contributed by atoms with van der Waals surface area (Å²) in [5.74, 6) is -0.211. The van der Waals surface area contributed by atoms with Crippen LogP contribution in [0.4, 0.5) is 0 Å². The van der Waals surface area contributed by atoms with E-state index in [1.54, 1.807) is 18.2 Å². The molecule has 0 aliphatic carbocycles. The van der Waals surface area contributed by atoms with Crippen molar-refractivity contribution in [1.29, 1.82) is 0 Å². The van der Waals surface area contributed by atoms with Crippen LogP contribution >= 0.6 is 34.8 Å². The molecule has 0 N–H and O–H groups in total. The maximum Gasteiger partial charge on any atom is 0.339 e. The highest BCUT2D eigenvalue weighted by molar-refractivity contribution is 7.87. The van der Waals surface area contributed by atoms with Crippen molar-refractivity contribution >= 4 is 56.8 Å². The minimum Gasteiger partial charge on any atom is -0.452 e. The van der Waals surface area contributed by atoms with Crippen LogP contribution in [0, 0.1) is 0 Å². The molecule has 0 amide bonds. The Morgan fingerprint density at radius 2 is 1.57 bits per heavy atom. The van der Waals surface area contributed by atoms with Crippen LogP contribution in [-0.2, 0) is 10.1 Å². The van der Waals surface area contributed by atoms with Crippen LogP contribution in [-0.4, -0.2) is 14.2 Å². The number of ether oxygens (including phenoxy) is 1. The normalized spacial score (nSPS) is 14.5. The summed E-state index contributed by atoms with van der Waals surface area (Å²) in [6, 6.07) is 14.6. The fourth-order valence-electron chi connectivity index (χ4n) is 2.77. The SMILES string of the molecule is O=C1/C(=C/c2c(Cl)cccc2Cl)Oc2cc(OS(=O)(=O)c3ccc(Cl)cc3)ccc21. The van der Waals surface area contributed by atoms with E-state index >= 15 is 0 Å². The molecule has 9 heteroatoms. The van der Waals surface area contributed by atoms with E-state index in [2.05, 4.69) is 0 Å². The van der Waals surface area contributed by atoms with Crippen molar-refractivity contribution in [2.24, 2.45) is 0 Å². The van der Waals surface area contributed by atoms with Gasteiger partial charge in [0.05, 0.1) is 5.56 Å². The molecule has 5 nitrogen and oxygen atoms in total. The lowest BCUT2D eigenvalue weighted by atomic mass is 10.1. The van der Waals surface area contributed by atoms with E-state index in [1.807, 2.05) is 0 Å². The molecule has 0 saturated heterocycles. The minimum absolute atomic E-state index is 0.00599. The fourth-order valence-corrected chi connectivity index (χ4v) is 4.33. The zero-order valence-corrected chi connectivity index (χ0v) is 18.0. The predicted molar refractivity (Wildman–Crippen MR) is 115 cm³/mol. The molecule has 152 valence electrons. The summed E-state index contributed by atoms with van der Waals surface area (Å²) in [4.78, 5) is 12.6. The third kappa shape index (κ3) is 4.04. The number of ketones is 1. The van der Waals surface area contributed by atoms with Gasteiger partial charge in [-0.25, -0.2) is 0 Å². The van der Waals surface area contributed by atoms with E-state index < -0.39 is 10.1 Å². The van der Waals surface area contributed by atoms with Gasteiger partial charge in [0.1, 0.15) is 16.4 Å². The van der Waals surface area contributed by atoms with Crippen molar-refractivity contribution in [3.8, 4) is 11.5 Å². The number of fused-ring (bicyclic) bond motifs is 1. The largest absolute Gasteiger partial charge is 0.452 e. The summed E-state index contributed by atoms with van der Waals surface area (Å²) in [6.45, 7) is 0. The minimum atomic E-state index is -4.08. The average molecular weight is 482 g/mol. The van der Waals surface area contributed by atoms with E-state index in [0.717, 1.165) is 0 Å². The van der Waals surface area contributed by atoms with Crippen LogP contribution in [0.3, 0.4) is 0 Å². The van der Waals surface area contributed by atoms with Crippen molar-refractivity contribution in [2.45, 2.75) is 4.90 Å². The smallest absolute Gasteiger partial charge is 0.339 e. The van der Waals surface area contributed by atoms with Crippen LogP contribution in [0.25, 0.3) is 6.08 Å².